The van der Waals surface area contributed by atoms with E-state index in [0.717, 1.165) is 12.8 Å². The lowest BCUT2D eigenvalue weighted by Gasteiger charge is -2.39. The Labute approximate surface area is 211 Å². The van der Waals surface area contributed by atoms with E-state index in [1.165, 1.54) is 0 Å². The molecule has 0 saturated heterocycles. The molecule has 2 atom stereocenters. The van der Waals surface area contributed by atoms with Crippen molar-refractivity contribution < 1.29 is 72.0 Å². The standard InChI is InChI=1S/C20H31NO15S/c1-2-3-4-7-36-8-5-6-21(14(22)10-13(17(27)28)37(33,34)35)20(18(29)30,19(31)32)11-12(16(25)26)9-15(23)24/h12-13H,2-11H2,1H3,(H,23,24)(H,25,26)(H,27,28)(H,29,30)(H,31,32)(H,33,34,35). The average molecular weight is 558 g/mol. The fraction of sp³-hybridized carbons (Fsp3) is 0.700. The predicted molar refractivity (Wildman–Crippen MR) is 120 cm³/mol. The number of ether oxygens (including phenoxy) is 1. The van der Waals surface area contributed by atoms with Crippen LogP contribution in [0.4, 0.5) is 0 Å². The predicted octanol–water partition coefficient (Wildman–Crippen LogP) is -0.383. The number of amides is 1. The van der Waals surface area contributed by atoms with E-state index in [2.05, 4.69) is 0 Å². The van der Waals surface area contributed by atoms with Crippen LogP contribution in [0.15, 0.2) is 0 Å². The van der Waals surface area contributed by atoms with E-state index in [9.17, 15) is 52.5 Å². The van der Waals surface area contributed by atoms with Crippen molar-refractivity contribution in [2.24, 2.45) is 5.92 Å². The number of carbonyl (C=O) groups is 6. The number of hydrogen-bond acceptors (Lipinski definition) is 9. The number of unbranched alkanes of at least 4 members (excludes halogenated alkanes) is 2. The van der Waals surface area contributed by atoms with Gasteiger partial charge in [0, 0.05) is 26.2 Å². The van der Waals surface area contributed by atoms with Crippen molar-refractivity contribution in [3.63, 3.8) is 0 Å². The Morgan fingerprint density at radius 3 is 1.78 bits per heavy atom. The summed E-state index contributed by atoms with van der Waals surface area (Å²) in [4.78, 5) is 71.5. The van der Waals surface area contributed by atoms with Crippen LogP contribution in [-0.2, 0) is 43.6 Å². The van der Waals surface area contributed by atoms with Gasteiger partial charge in [-0.1, -0.05) is 19.8 Å². The molecular formula is C20H31NO15S. The Morgan fingerprint density at radius 2 is 1.38 bits per heavy atom. The van der Waals surface area contributed by atoms with Gasteiger partial charge in [0.1, 0.15) is 0 Å². The summed E-state index contributed by atoms with van der Waals surface area (Å²) in [5.41, 5.74) is -3.43. The molecule has 0 heterocycles. The van der Waals surface area contributed by atoms with Crippen molar-refractivity contribution in [1.29, 1.82) is 0 Å². The molecule has 0 rings (SSSR count). The summed E-state index contributed by atoms with van der Waals surface area (Å²) in [5, 5.41) is 44.3. The number of carboxylic acids is 5. The van der Waals surface area contributed by atoms with Crippen LogP contribution in [0.1, 0.15) is 51.9 Å². The molecular weight excluding hydrogens is 526 g/mol. The van der Waals surface area contributed by atoms with E-state index in [1.54, 1.807) is 0 Å². The Morgan fingerprint density at radius 1 is 0.838 bits per heavy atom. The molecule has 0 aromatic carbocycles. The molecule has 0 fully saturated rings. The van der Waals surface area contributed by atoms with Gasteiger partial charge >= 0.3 is 29.8 Å². The average Bonchev–Trinajstić information content (AvgIpc) is 2.75. The van der Waals surface area contributed by atoms with Crippen LogP contribution in [0.3, 0.4) is 0 Å². The van der Waals surface area contributed by atoms with E-state index >= 15 is 0 Å². The van der Waals surface area contributed by atoms with E-state index in [1.807, 2.05) is 6.92 Å². The normalized spacial score (nSPS) is 13.4. The number of rotatable bonds is 20. The van der Waals surface area contributed by atoms with Gasteiger partial charge in [0.2, 0.25) is 11.4 Å². The van der Waals surface area contributed by atoms with Gasteiger partial charge in [0.25, 0.3) is 10.1 Å². The maximum Gasteiger partial charge on any atom is 0.341 e. The SMILES string of the molecule is CCCCCOCCCN(C(=O)CC(C(=O)O)S(=O)(=O)O)C(CC(CC(=O)O)C(=O)O)(C(=O)O)C(=O)O. The second-order valence-corrected chi connectivity index (χ2v) is 9.67. The molecule has 0 aromatic rings. The highest BCUT2D eigenvalue weighted by atomic mass is 32.2. The maximum absolute atomic E-state index is 13.0. The third-order valence-corrected chi connectivity index (χ3v) is 6.43. The molecule has 37 heavy (non-hydrogen) atoms. The number of hydrogen-bond donors (Lipinski definition) is 6. The van der Waals surface area contributed by atoms with Gasteiger partial charge in [0.05, 0.1) is 18.8 Å². The highest BCUT2D eigenvalue weighted by molar-refractivity contribution is 7.87. The summed E-state index contributed by atoms with van der Waals surface area (Å²) in [6, 6.07) is 0. The van der Waals surface area contributed by atoms with Crippen molar-refractivity contribution >= 4 is 45.9 Å². The Balaban J connectivity index is 6.46. The van der Waals surface area contributed by atoms with E-state index in [0.29, 0.717) is 6.42 Å². The summed E-state index contributed by atoms with van der Waals surface area (Å²) in [7, 11) is -5.41. The molecule has 0 saturated carbocycles. The van der Waals surface area contributed by atoms with Crippen molar-refractivity contribution in [3.8, 4) is 0 Å². The second kappa shape index (κ2) is 15.1. The summed E-state index contributed by atoms with van der Waals surface area (Å²) in [6.45, 7) is 1.30. The molecule has 0 aliphatic carbocycles. The minimum absolute atomic E-state index is 0.0754. The summed E-state index contributed by atoms with van der Waals surface area (Å²) < 4.78 is 37.3. The zero-order valence-electron chi connectivity index (χ0n) is 19.9. The Kier molecular flexibility index (Phi) is 13.7. The topological polar surface area (TPSA) is 270 Å². The van der Waals surface area contributed by atoms with Crippen molar-refractivity contribution in [2.45, 2.75) is 62.7 Å². The first kappa shape index (κ1) is 33.7. The smallest absolute Gasteiger partial charge is 0.341 e. The minimum atomic E-state index is -5.41. The zero-order valence-corrected chi connectivity index (χ0v) is 20.8. The van der Waals surface area contributed by atoms with Crippen molar-refractivity contribution in [2.75, 3.05) is 19.8 Å². The molecule has 0 radical (unpaired) electrons. The largest absolute Gasteiger partial charge is 0.481 e. The van der Waals surface area contributed by atoms with Gasteiger partial charge in [-0.25, -0.2) is 9.59 Å². The Hall–Kier alpha value is -3.31. The van der Waals surface area contributed by atoms with Gasteiger partial charge < -0.3 is 35.2 Å². The summed E-state index contributed by atoms with van der Waals surface area (Å²) in [6.07, 6.45) is -2.12. The van der Waals surface area contributed by atoms with Crippen LogP contribution in [0.25, 0.3) is 0 Å². The lowest BCUT2D eigenvalue weighted by molar-refractivity contribution is -0.176. The number of nitrogens with zero attached hydrogens (tertiary/aromatic N) is 1. The second-order valence-electron chi connectivity index (χ2n) is 8.07. The molecule has 0 bridgehead atoms. The fourth-order valence-electron chi connectivity index (χ4n) is 3.42. The molecule has 16 nitrogen and oxygen atoms in total. The first-order valence-corrected chi connectivity index (χ1v) is 12.5. The quantitative estimate of drug-likeness (QED) is 0.0632. The van der Waals surface area contributed by atoms with Crippen LogP contribution in [0.2, 0.25) is 0 Å². The first-order chi connectivity index (χ1) is 17.0. The van der Waals surface area contributed by atoms with Gasteiger partial charge in [-0.15, -0.1) is 0 Å². The van der Waals surface area contributed by atoms with Crippen molar-refractivity contribution in [1.82, 2.24) is 4.90 Å². The van der Waals surface area contributed by atoms with Crippen LogP contribution in [-0.4, -0.2) is 110 Å². The molecule has 0 aliphatic rings. The summed E-state index contributed by atoms with van der Waals surface area (Å²) >= 11 is 0. The van der Waals surface area contributed by atoms with E-state index in [4.69, 9.17) is 19.5 Å². The third-order valence-electron chi connectivity index (χ3n) is 5.34. The number of aliphatic carboxylic acids is 5. The molecule has 17 heteroatoms. The molecule has 0 spiro atoms. The third kappa shape index (κ3) is 10.3. The monoisotopic (exact) mass is 557 g/mol. The first-order valence-electron chi connectivity index (χ1n) is 11.0. The van der Waals surface area contributed by atoms with Crippen LogP contribution in [0.5, 0.6) is 0 Å². The van der Waals surface area contributed by atoms with Gasteiger partial charge in [-0.2, -0.15) is 8.42 Å². The molecule has 0 aromatic heterocycles. The molecule has 2 unspecified atom stereocenters. The van der Waals surface area contributed by atoms with Crippen LogP contribution < -0.4 is 0 Å². The molecule has 1 amide bonds. The fourth-order valence-corrected chi connectivity index (χ4v) is 4.03. The minimum Gasteiger partial charge on any atom is -0.481 e. The lowest BCUT2D eigenvalue weighted by Crippen LogP contribution is -2.64. The van der Waals surface area contributed by atoms with Gasteiger partial charge in [-0.05, 0) is 12.8 Å². The van der Waals surface area contributed by atoms with E-state index in [-0.39, 0.29) is 24.5 Å². The van der Waals surface area contributed by atoms with Crippen LogP contribution in [0, 0.1) is 5.92 Å². The van der Waals surface area contributed by atoms with Gasteiger partial charge in [0.15, 0.2) is 5.25 Å². The van der Waals surface area contributed by atoms with Crippen molar-refractivity contribution in [3.05, 3.63) is 0 Å². The van der Waals surface area contributed by atoms with Crippen LogP contribution >= 0.6 is 0 Å². The molecule has 0 aliphatic heterocycles. The number of carboxylic acid groups (broad SMARTS) is 5. The molecule has 212 valence electrons. The Bertz CT molecular complexity index is 947. The zero-order chi connectivity index (χ0) is 29.0. The van der Waals surface area contributed by atoms with E-state index < -0.39 is 88.4 Å². The maximum atomic E-state index is 13.0. The molecule has 6 N–H and O–H groups in total. The highest BCUT2D eigenvalue weighted by Crippen LogP contribution is 2.30. The summed E-state index contributed by atoms with van der Waals surface area (Å²) in [5.74, 6) is -14.2. The van der Waals surface area contributed by atoms with Gasteiger partial charge in [-0.3, -0.25) is 23.7 Å². The highest BCUT2D eigenvalue weighted by Gasteiger charge is 2.56. The lowest BCUT2D eigenvalue weighted by atomic mass is 9.83. The number of carbonyl (C=O) groups excluding carboxylic acids is 1.